The highest BCUT2D eigenvalue weighted by atomic mass is 79.9. The number of hydrogen-bond donors (Lipinski definition) is 1. The number of rotatable bonds is 0. The van der Waals surface area contributed by atoms with Crippen molar-refractivity contribution in [3.8, 4) is 5.75 Å². The summed E-state index contributed by atoms with van der Waals surface area (Å²) in [6, 6.07) is 6.25. The van der Waals surface area contributed by atoms with Crippen LogP contribution in [0.5, 0.6) is 5.75 Å². The largest absolute Gasteiger partial charge is 0.486 e. The van der Waals surface area contributed by atoms with Gasteiger partial charge in [-0.05, 0) is 35.8 Å². The first-order chi connectivity index (χ1) is 8.89. The molecule has 3 rings (SSSR count). The summed E-state index contributed by atoms with van der Waals surface area (Å²) >= 11 is 5.51. The summed E-state index contributed by atoms with van der Waals surface area (Å²) in [6.07, 6.45) is 2.02. The molecule has 1 saturated heterocycles. The molecule has 0 aliphatic carbocycles. The fourth-order valence-electron chi connectivity index (χ4n) is 3.37. The van der Waals surface area contributed by atoms with Crippen molar-refractivity contribution in [1.82, 2.24) is 0 Å². The Hall–Kier alpha value is -0.190. The number of hydrogen-bond acceptors (Lipinski definition) is 3. The van der Waals surface area contributed by atoms with E-state index in [1.807, 2.05) is 23.9 Å². The van der Waals surface area contributed by atoms with E-state index in [4.69, 9.17) is 10.5 Å². The molecular formula is C15H20BrNOS. The average Bonchev–Trinajstić information content (AvgIpc) is 2.29. The van der Waals surface area contributed by atoms with Gasteiger partial charge in [0.2, 0.25) is 0 Å². The standard InChI is InChI=1S/C15H20BrNOS/c1-14(2)7-15(9-19-8-14)6-12(17)11-5-10(16)3-4-13(11)18-15/h3-5,12H,6-9,17H2,1-2H3. The van der Waals surface area contributed by atoms with Gasteiger partial charge in [0.25, 0.3) is 0 Å². The zero-order valence-corrected chi connectivity index (χ0v) is 13.8. The summed E-state index contributed by atoms with van der Waals surface area (Å²) < 4.78 is 7.47. The minimum absolute atomic E-state index is 0.0767. The first-order valence-electron chi connectivity index (χ1n) is 6.71. The van der Waals surface area contributed by atoms with Gasteiger partial charge in [-0.25, -0.2) is 0 Å². The fraction of sp³-hybridized carbons (Fsp3) is 0.600. The Morgan fingerprint density at radius 1 is 1.37 bits per heavy atom. The molecule has 1 aromatic rings. The van der Waals surface area contributed by atoms with E-state index < -0.39 is 0 Å². The van der Waals surface area contributed by atoms with E-state index in [0.29, 0.717) is 5.41 Å². The Labute approximate surface area is 127 Å². The van der Waals surface area contributed by atoms with Crippen molar-refractivity contribution in [3.05, 3.63) is 28.2 Å². The van der Waals surface area contributed by atoms with E-state index in [1.165, 1.54) is 5.75 Å². The van der Waals surface area contributed by atoms with Gasteiger partial charge in [-0.15, -0.1) is 0 Å². The first-order valence-corrected chi connectivity index (χ1v) is 8.66. The molecule has 0 bridgehead atoms. The molecule has 2 aliphatic rings. The van der Waals surface area contributed by atoms with Crippen LogP contribution >= 0.6 is 27.7 Å². The highest BCUT2D eigenvalue weighted by Gasteiger charge is 2.46. The Kier molecular flexibility index (Phi) is 3.39. The third kappa shape index (κ3) is 2.67. The molecule has 19 heavy (non-hydrogen) atoms. The minimum Gasteiger partial charge on any atom is -0.486 e. The van der Waals surface area contributed by atoms with Crippen LogP contribution in [0, 0.1) is 5.41 Å². The molecule has 2 aliphatic heterocycles. The lowest BCUT2D eigenvalue weighted by molar-refractivity contribution is 0.0166. The summed E-state index contributed by atoms with van der Waals surface area (Å²) in [5, 5.41) is 0. The van der Waals surface area contributed by atoms with E-state index in [0.717, 1.165) is 34.4 Å². The third-order valence-corrected chi connectivity index (χ3v) is 6.16. The highest BCUT2D eigenvalue weighted by Crippen LogP contribution is 2.49. The van der Waals surface area contributed by atoms with Gasteiger partial charge in [-0.3, -0.25) is 0 Å². The number of fused-ring (bicyclic) bond motifs is 1. The van der Waals surface area contributed by atoms with Crippen LogP contribution in [0.4, 0.5) is 0 Å². The predicted molar refractivity (Wildman–Crippen MR) is 84.8 cm³/mol. The highest BCUT2D eigenvalue weighted by molar-refractivity contribution is 9.10. The van der Waals surface area contributed by atoms with Gasteiger partial charge >= 0.3 is 0 Å². The Morgan fingerprint density at radius 2 is 2.16 bits per heavy atom. The lowest BCUT2D eigenvalue weighted by Crippen LogP contribution is -2.51. The zero-order valence-electron chi connectivity index (χ0n) is 11.4. The molecule has 2 heterocycles. The van der Waals surface area contributed by atoms with Gasteiger partial charge in [0.05, 0.1) is 0 Å². The van der Waals surface area contributed by atoms with Gasteiger partial charge in [0, 0.05) is 28.3 Å². The topological polar surface area (TPSA) is 35.2 Å². The molecule has 0 aromatic heterocycles. The molecule has 0 saturated carbocycles. The number of ether oxygens (including phenoxy) is 1. The van der Waals surface area contributed by atoms with E-state index in [1.54, 1.807) is 0 Å². The zero-order chi connectivity index (χ0) is 13.7. The maximum atomic E-state index is 6.40. The minimum atomic E-state index is -0.0767. The van der Waals surface area contributed by atoms with E-state index in [9.17, 15) is 0 Å². The maximum Gasteiger partial charge on any atom is 0.125 e. The van der Waals surface area contributed by atoms with E-state index in [2.05, 4.69) is 35.8 Å². The molecular weight excluding hydrogens is 322 g/mol. The summed E-state index contributed by atoms with van der Waals surface area (Å²) in [5.41, 5.74) is 7.78. The van der Waals surface area contributed by atoms with Crippen LogP contribution in [0.3, 0.4) is 0 Å². The molecule has 104 valence electrons. The van der Waals surface area contributed by atoms with Crippen molar-refractivity contribution in [1.29, 1.82) is 0 Å². The number of thioether (sulfide) groups is 1. The van der Waals surface area contributed by atoms with Crippen molar-refractivity contribution in [2.24, 2.45) is 11.1 Å². The molecule has 1 aromatic carbocycles. The molecule has 2 atom stereocenters. The molecule has 0 amide bonds. The van der Waals surface area contributed by atoms with E-state index >= 15 is 0 Å². The Balaban J connectivity index is 1.94. The van der Waals surface area contributed by atoms with Crippen LogP contribution in [0.15, 0.2) is 22.7 Å². The van der Waals surface area contributed by atoms with Crippen molar-refractivity contribution in [2.45, 2.75) is 38.3 Å². The second-order valence-electron chi connectivity index (χ2n) is 6.61. The lowest BCUT2D eigenvalue weighted by Gasteiger charge is -2.48. The van der Waals surface area contributed by atoms with Crippen LogP contribution in [0.25, 0.3) is 0 Å². The lowest BCUT2D eigenvalue weighted by atomic mass is 9.76. The Morgan fingerprint density at radius 3 is 2.89 bits per heavy atom. The number of benzene rings is 1. The summed E-state index contributed by atoms with van der Waals surface area (Å²) in [4.78, 5) is 0. The van der Waals surface area contributed by atoms with E-state index in [-0.39, 0.29) is 11.6 Å². The van der Waals surface area contributed by atoms with Gasteiger partial charge in [-0.2, -0.15) is 11.8 Å². The molecule has 1 fully saturated rings. The number of halogens is 1. The van der Waals surface area contributed by atoms with Crippen LogP contribution in [-0.2, 0) is 0 Å². The fourth-order valence-corrected chi connectivity index (χ4v) is 5.16. The van der Waals surface area contributed by atoms with Crippen LogP contribution in [-0.4, -0.2) is 17.1 Å². The van der Waals surface area contributed by atoms with Gasteiger partial charge in [0.1, 0.15) is 11.4 Å². The van der Waals surface area contributed by atoms with Crippen molar-refractivity contribution in [2.75, 3.05) is 11.5 Å². The van der Waals surface area contributed by atoms with Crippen LogP contribution in [0.1, 0.15) is 38.3 Å². The second kappa shape index (κ2) is 4.68. The maximum absolute atomic E-state index is 6.40. The van der Waals surface area contributed by atoms with Gasteiger partial charge in [-0.1, -0.05) is 29.8 Å². The van der Waals surface area contributed by atoms with Crippen LogP contribution in [0.2, 0.25) is 0 Å². The molecule has 2 unspecified atom stereocenters. The summed E-state index contributed by atoms with van der Waals surface area (Å²) in [6.45, 7) is 4.65. The van der Waals surface area contributed by atoms with Crippen molar-refractivity contribution >= 4 is 27.7 Å². The Bertz CT molecular complexity index is 505. The molecule has 2 nitrogen and oxygen atoms in total. The first kappa shape index (κ1) is 13.8. The molecule has 4 heteroatoms. The normalized spacial score (nSPS) is 32.7. The predicted octanol–water partition coefficient (Wildman–Crippen LogP) is 4.13. The average molecular weight is 342 g/mol. The van der Waals surface area contributed by atoms with Gasteiger partial charge in [0.15, 0.2) is 0 Å². The monoisotopic (exact) mass is 341 g/mol. The molecule has 2 N–H and O–H groups in total. The summed E-state index contributed by atoms with van der Waals surface area (Å²) in [7, 11) is 0. The van der Waals surface area contributed by atoms with Crippen LogP contribution < -0.4 is 10.5 Å². The third-order valence-electron chi connectivity index (χ3n) is 3.95. The smallest absolute Gasteiger partial charge is 0.125 e. The quantitative estimate of drug-likeness (QED) is 0.770. The molecule has 1 spiro atoms. The SMILES string of the molecule is CC1(C)CSCC2(CC(N)c3cc(Br)ccc3O2)C1. The summed E-state index contributed by atoms with van der Waals surface area (Å²) in [5.74, 6) is 3.24. The van der Waals surface area contributed by atoms with Crippen molar-refractivity contribution in [3.63, 3.8) is 0 Å². The van der Waals surface area contributed by atoms with Crippen molar-refractivity contribution < 1.29 is 4.74 Å². The molecule has 0 radical (unpaired) electrons. The number of nitrogens with two attached hydrogens (primary N) is 1. The van der Waals surface area contributed by atoms with Gasteiger partial charge < -0.3 is 10.5 Å². The second-order valence-corrected chi connectivity index (χ2v) is 8.51.